The molecule has 26 heavy (non-hydrogen) atoms. The van der Waals surface area contributed by atoms with Crippen LogP contribution in [-0.2, 0) is 27.5 Å². The van der Waals surface area contributed by atoms with Gasteiger partial charge in [-0.1, -0.05) is 18.2 Å². The molecule has 1 aliphatic rings. The Balaban J connectivity index is 1.81. The molecule has 4 nitrogen and oxygen atoms in total. The van der Waals surface area contributed by atoms with Gasteiger partial charge in [-0.15, -0.1) is 11.3 Å². The average molecular weight is 384 g/mol. The maximum atomic E-state index is 13.1. The highest BCUT2D eigenvalue weighted by molar-refractivity contribution is 7.09. The number of rotatable bonds is 5. The zero-order valence-electron chi connectivity index (χ0n) is 14.0. The molecule has 1 N–H and O–H groups in total. The molecular weight excluding hydrogens is 365 g/mol. The van der Waals surface area contributed by atoms with Gasteiger partial charge in [-0.25, -0.2) is 4.98 Å². The van der Waals surface area contributed by atoms with Crippen LogP contribution in [-0.4, -0.2) is 30.6 Å². The summed E-state index contributed by atoms with van der Waals surface area (Å²) < 4.78 is 44.6. The summed E-state index contributed by atoms with van der Waals surface area (Å²) in [6, 6.07) is 5.07. The van der Waals surface area contributed by atoms with Gasteiger partial charge in [0.2, 0.25) is 5.91 Å². The van der Waals surface area contributed by atoms with Gasteiger partial charge in [-0.05, 0) is 24.5 Å². The van der Waals surface area contributed by atoms with Gasteiger partial charge in [0.15, 0.2) is 0 Å². The molecule has 3 rings (SSSR count). The summed E-state index contributed by atoms with van der Waals surface area (Å²) in [7, 11) is 0. The Labute approximate surface area is 153 Å². The molecule has 1 amide bonds. The average Bonchev–Trinajstić information content (AvgIpc) is 3.15. The number of benzene rings is 1. The standard InChI is InChI=1S/C18H19F3N2O2S/c19-18(20,21)14-3-1-2-13(12-14)17(5-9-25-10-6-17)16(24)23-7-4-15-22-8-11-26-15/h1-3,8,11-12H,4-7,9-10H2,(H,23,24). The van der Waals surface area contributed by atoms with E-state index in [-0.39, 0.29) is 5.91 Å². The van der Waals surface area contributed by atoms with Gasteiger partial charge in [-0.2, -0.15) is 13.2 Å². The van der Waals surface area contributed by atoms with Gasteiger partial charge < -0.3 is 10.1 Å². The molecule has 1 fully saturated rings. The number of carbonyl (C=O) groups is 1. The second-order valence-electron chi connectivity index (χ2n) is 6.20. The van der Waals surface area contributed by atoms with E-state index >= 15 is 0 Å². The summed E-state index contributed by atoms with van der Waals surface area (Å²) >= 11 is 1.50. The minimum atomic E-state index is -4.44. The molecule has 0 radical (unpaired) electrons. The third-order valence-electron chi connectivity index (χ3n) is 4.63. The lowest BCUT2D eigenvalue weighted by Gasteiger charge is -2.36. The number of hydrogen-bond acceptors (Lipinski definition) is 4. The van der Waals surface area contributed by atoms with E-state index in [0.717, 1.165) is 17.1 Å². The van der Waals surface area contributed by atoms with Crippen molar-refractivity contribution in [2.24, 2.45) is 0 Å². The zero-order valence-corrected chi connectivity index (χ0v) is 14.8. The summed E-state index contributed by atoms with van der Waals surface area (Å²) in [6.07, 6.45) is -1.43. The van der Waals surface area contributed by atoms with Crippen LogP contribution < -0.4 is 5.32 Å². The molecule has 2 aromatic rings. The van der Waals surface area contributed by atoms with Crippen LogP contribution in [0.5, 0.6) is 0 Å². The Morgan fingerprint density at radius 1 is 1.31 bits per heavy atom. The molecule has 1 aliphatic heterocycles. The lowest BCUT2D eigenvalue weighted by atomic mass is 9.73. The zero-order chi connectivity index (χ0) is 18.6. The topological polar surface area (TPSA) is 51.2 Å². The van der Waals surface area contributed by atoms with Gasteiger partial charge in [0.05, 0.1) is 16.0 Å². The molecule has 1 aromatic carbocycles. The van der Waals surface area contributed by atoms with Crippen molar-refractivity contribution >= 4 is 17.2 Å². The molecule has 0 atom stereocenters. The number of aromatic nitrogens is 1. The highest BCUT2D eigenvalue weighted by Gasteiger charge is 2.42. The van der Waals surface area contributed by atoms with E-state index in [1.165, 1.54) is 17.4 Å². The van der Waals surface area contributed by atoms with E-state index in [0.29, 0.717) is 44.6 Å². The number of amides is 1. The molecule has 1 aromatic heterocycles. The quantitative estimate of drug-likeness (QED) is 0.858. The monoisotopic (exact) mass is 384 g/mol. The first-order valence-corrected chi connectivity index (χ1v) is 9.22. The summed E-state index contributed by atoms with van der Waals surface area (Å²) in [5.74, 6) is -0.253. The minimum absolute atomic E-state index is 0.253. The first-order valence-electron chi connectivity index (χ1n) is 8.34. The van der Waals surface area contributed by atoms with Crippen molar-refractivity contribution in [2.45, 2.75) is 30.9 Å². The number of hydrogen-bond donors (Lipinski definition) is 1. The normalized spacial score (nSPS) is 17.0. The highest BCUT2D eigenvalue weighted by Crippen LogP contribution is 2.38. The lowest BCUT2D eigenvalue weighted by Crippen LogP contribution is -2.48. The van der Waals surface area contributed by atoms with Gasteiger partial charge in [-0.3, -0.25) is 4.79 Å². The largest absolute Gasteiger partial charge is 0.416 e. The predicted molar refractivity (Wildman–Crippen MR) is 92.0 cm³/mol. The molecule has 2 heterocycles. The lowest BCUT2D eigenvalue weighted by molar-refractivity contribution is -0.138. The van der Waals surface area contributed by atoms with Crippen LogP contribution >= 0.6 is 11.3 Å². The Morgan fingerprint density at radius 3 is 2.73 bits per heavy atom. The molecular formula is C18H19F3N2O2S. The van der Waals surface area contributed by atoms with Crippen LogP contribution in [0.15, 0.2) is 35.8 Å². The molecule has 0 bridgehead atoms. The van der Waals surface area contributed by atoms with Gasteiger partial charge in [0.1, 0.15) is 0 Å². The molecule has 8 heteroatoms. The highest BCUT2D eigenvalue weighted by atomic mass is 32.1. The fourth-order valence-corrected chi connectivity index (χ4v) is 3.81. The van der Waals surface area contributed by atoms with Gasteiger partial charge in [0, 0.05) is 37.8 Å². The molecule has 0 aliphatic carbocycles. The molecule has 1 saturated heterocycles. The first kappa shape index (κ1) is 18.8. The second-order valence-corrected chi connectivity index (χ2v) is 7.18. The van der Waals surface area contributed by atoms with Crippen LogP contribution in [0.1, 0.15) is 29.0 Å². The van der Waals surface area contributed by atoms with Crippen molar-refractivity contribution in [3.63, 3.8) is 0 Å². The Morgan fingerprint density at radius 2 is 2.08 bits per heavy atom. The van der Waals surface area contributed by atoms with Crippen LogP contribution in [0.4, 0.5) is 13.2 Å². The van der Waals surface area contributed by atoms with E-state index in [1.807, 2.05) is 5.38 Å². The number of thiazole rings is 1. The number of ether oxygens (including phenoxy) is 1. The van der Waals surface area contributed by atoms with Crippen molar-refractivity contribution in [3.8, 4) is 0 Å². The Kier molecular flexibility index (Phi) is 5.62. The van der Waals surface area contributed by atoms with E-state index in [1.54, 1.807) is 12.3 Å². The van der Waals surface area contributed by atoms with Gasteiger partial charge in [0.25, 0.3) is 0 Å². The summed E-state index contributed by atoms with van der Waals surface area (Å²) in [5.41, 5.74) is -1.35. The first-order chi connectivity index (χ1) is 12.4. The van der Waals surface area contributed by atoms with Crippen LogP contribution in [0.25, 0.3) is 0 Å². The maximum Gasteiger partial charge on any atom is 0.416 e. The number of alkyl halides is 3. The summed E-state index contributed by atoms with van der Waals surface area (Å²) in [5, 5.41) is 5.65. The maximum absolute atomic E-state index is 13.1. The fourth-order valence-electron chi connectivity index (χ4n) is 3.19. The Hall–Kier alpha value is -1.93. The van der Waals surface area contributed by atoms with E-state index in [2.05, 4.69) is 10.3 Å². The van der Waals surface area contributed by atoms with Crippen LogP contribution in [0, 0.1) is 0 Å². The van der Waals surface area contributed by atoms with E-state index in [9.17, 15) is 18.0 Å². The molecule has 0 spiro atoms. The summed E-state index contributed by atoms with van der Waals surface area (Å²) in [4.78, 5) is 17.1. The van der Waals surface area contributed by atoms with Crippen LogP contribution in [0.2, 0.25) is 0 Å². The molecule has 0 saturated carbocycles. The van der Waals surface area contributed by atoms with Crippen molar-refractivity contribution in [1.82, 2.24) is 10.3 Å². The van der Waals surface area contributed by atoms with Crippen molar-refractivity contribution in [1.29, 1.82) is 0 Å². The number of nitrogens with one attached hydrogen (secondary N) is 1. The van der Waals surface area contributed by atoms with Gasteiger partial charge >= 0.3 is 6.18 Å². The second kappa shape index (κ2) is 7.75. The molecule has 0 unspecified atom stereocenters. The van der Waals surface area contributed by atoms with Crippen molar-refractivity contribution in [3.05, 3.63) is 52.0 Å². The van der Waals surface area contributed by atoms with E-state index in [4.69, 9.17) is 4.74 Å². The minimum Gasteiger partial charge on any atom is -0.381 e. The number of carbonyl (C=O) groups excluding carboxylic acids is 1. The smallest absolute Gasteiger partial charge is 0.381 e. The summed E-state index contributed by atoms with van der Waals surface area (Å²) in [6.45, 7) is 1.08. The number of nitrogens with zero attached hydrogens (tertiary/aromatic N) is 1. The SMILES string of the molecule is O=C(NCCc1nccs1)C1(c2cccc(C(F)(F)F)c2)CCOCC1. The van der Waals surface area contributed by atoms with Crippen molar-refractivity contribution in [2.75, 3.05) is 19.8 Å². The fraction of sp³-hybridized carbons (Fsp3) is 0.444. The third kappa shape index (κ3) is 4.07. The Bertz CT molecular complexity index is 741. The predicted octanol–water partition coefficient (Wildman–Crippen LogP) is 3.57. The molecule has 140 valence electrons. The van der Waals surface area contributed by atoms with Crippen molar-refractivity contribution < 1.29 is 22.7 Å². The van der Waals surface area contributed by atoms with E-state index < -0.39 is 17.2 Å². The number of halogens is 3. The van der Waals surface area contributed by atoms with Crippen LogP contribution in [0.3, 0.4) is 0 Å². The third-order valence-corrected chi connectivity index (χ3v) is 5.47.